The van der Waals surface area contributed by atoms with E-state index in [0.29, 0.717) is 17.6 Å². The highest BCUT2D eigenvalue weighted by Crippen LogP contribution is 2.37. The standard InChI is InChI=1S/C22H25N5O2S/c1-2-29-18-12-10-17(11-13-18)20-24-25-22(27(20)23)30-19(16-8-4-3-5-9-16)21(28)26-14-6-7-15-26/h3-5,8-13,19H,2,6-7,14-15,23H2,1H3/t19-/m0/s1. The summed E-state index contributed by atoms with van der Waals surface area (Å²) in [6, 6.07) is 17.3. The lowest BCUT2D eigenvalue weighted by Gasteiger charge is -2.22. The van der Waals surface area contributed by atoms with Crippen molar-refractivity contribution >= 4 is 17.7 Å². The Labute approximate surface area is 180 Å². The fourth-order valence-electron chi connectivity index (χ4n) is 3.52. The molecule has 0 aliphatic carbocycles. The molecule has 1 aliphatic rings. The molecule has 30 heavy (non-hydrogen) atoms. The second-order valence-corrected chi connectivity index (χ2v) is 8.15. The Hall–Kier alpha value is -3.00. The van der Waals surface area contributed by atoms with Gasteiger partial charge in [-0.3, -0.25) is 4.79 Å². The molecule has 2 heterocycles. The molecule has 7 nitrogen and oxygen atoms in total. The normalized spacial score (nSPS) is 14.6. The van der Waals surface area contributed by atoms with E-state index in [1.54, 1.807) is 0 Å². The van der Waals surface area contributed by atoms with Crippen LogP contribution in [0.25, 0.3) is 11.4 Å². The minimum atomic E-state index is -0.413. The third kappa shape index (κ3) is 4.28. The van der Waals surface area contributed by atoms with Crippen molar-refractivity contribution in [3.05, 3.63) is 60.2 Å². The maximum atomic E-state index is 13.2. The highest BCUT2D eigenvalue weighted by Gasteiger charge is 2.30. The van der Waals surface area contributed by atoms with Gasteiger partial charge in [0.1, 0.15) is 11.0 Å². The number of nitrogens with zero attached hydrogens (tertiary/aromatic N) is 4. The van der Waals surface area contributed by atoms with Gasteiger partial charge in [-0.05, 0) is 49.6 Å². The average Bonchev–Trinajstić information content (AvgIpc) is 3.44. The molecule has 156 valence electrons. The number of hydrogen-bond donors (Lipinski definition) is 1. The van der Waals surface area contributed by atoms with Gasteiger partial charge in [0.2, 0.25) is 11.1 Å². The van der Waals surface area contributed by atoms with Crippen LogP contribution in [0.15, 0.2) is 59.8 Å². The fourth-order valence-corrected chi connectivity index (χ4v) is 4.56. The van der Waals surface area contributed by atoms with E-state index >= 15 is 0 Å². The molecule has 0 spiro atoms. The zero-order valence-electron chi connectivity index (χ0n) is 16.9. The number of hydrogen-bond acceptors (Lipinski definition) is 6. The summed E-state index contributed by atoms with van der Waals surface area (Å²) >= 11 is 1.34. The second-order valence-electron chi connectivity index (χ2n) is 7.07. The lowest BCUT2D eigenvalue weighted by atomic mass is 10.1. The van der Waals surface area contributed by atoms with Gasteiger partial charge in [-0.25, -0.2) is 4.68 Å². The number of likely N-dealkylation sites (tertiary alicyclic amines) is 1. The molecule has 0 radical (unpaired) electrons. The summed E-state index contributed by atoms with van der Waals surface area (Å²) in [5.74, 6) is 7.75. The maximum Gasteiger partial charge on any atom is 0.240 e. The predicted octanol–water partition coefficient (Wildman–Crippen LogP) is 3.51. The van der Waals surface area contributed by atoms with Crippen molar-refractivity contribution < 1.29 is 9.53 Å². The molecule has 8 heteroatoms. The number of benzene rings is 2. The molecule has 2 N–H and O–H groups in total. The maximum absolute atomic E-state index is 13.2. The third-order valence-electron chi connectivity index (χ3n) is 5.06. The molecule has 1 aromatic heterocycles. The quantitative estimate of drug-likeness (QED) is 0.462. The van der Waals surface area contributed by atoms with Crippen LogP contribution in [0.2, 0.25) is 0 Å². The topological polar surface area (TPSA) is 86.3 Å². The molecule has 0 bridgehead atoms. The third-order valence-corrected chi connectivity index (χ3v) is 6.25. The number of amides is 1. The molecule has 1 aliphatic heterocycles. The van der Waals surface area contributed by atoms with Crippen molar-refractivity contribution in [2.45, 2.75) is 30.2 Å². The van der Waals surface area contributed by atoms with E-state index in [-0.39, 0.29) is 5.91 Å². The summed E-state index contributed by atoms with van der Waals surface area (Å²) in [5.41, 5.74) is 1.77. The zero-order chi connectivity index (χ0) is 20.9. The van der Waals surface area contributed by atoms with Crippen LogP contribution in [-0.4, -0.2) is 45.4 Å². The number of aromatic nitrogens is 3. The smallest absolute Gasteiger partial charge is 0.240 e. The number of nitrogens with two attached hydrogens (primary N) is 1. The number of thioether (sulfide) groups is 1. The number of rotatable bonds is 7. The van der Waals surface area contributed by atoms with E-state index in [1.165, 1.54) is 16.4 Å². The van der Waals surface area contributed by atoms with Gasteiger partial charge in [0, 0.05) is 18.7 Å². The summed E-state index contributed by atoms with van der Waals surface area (Å²) in [6.07, 6.45) is 2.10. The van der Waals surface area contributed by atoms with Gasteiger partial charge >= 0.3 is 0 Å². The van der Waals surface area contributed by atoms with E-state index in [2.05, 4.69) is 10.2 Å². The summed E-state index contributed by atoms with van der Waals surface area (Å²) in [4.78, 5) is 15.2. The van der Waals surface area contributed by atoms with Gasteiger partial charge < -0.3 is 15.5 Å². The van der Waals surface area contributed by atoms with Crippen molar-refractivity contribution in [1.82, 2.24) is 19.8 Å². The first-order valence-corrected chi connectivity index (χ1v) is 11.0. The van der Waals surface area contributed by atoms with Gasteiger partial charge in [0.05, 0.1) is 6.61 Å². The van der Waals surface area contributed by atoms with E-state index in [4.69, 9.17) is 10.6 Å². The molecule has 1 fully saturated rings. The van der Waals surface area contributed by atoms with Crippen LogP contribution < -0.4 is 10.6 Å². The second kappa shape index (κ2) is 9.21. The summed E-state index contributed by atoms with van der Waals surface area (Å²) < 4.78 is 6.94. The Balaban J connectivity index is 1.59. The Bertz CT molecular complexity index is 985. The first-order valence-electron chi connectivity index (χ1n) is 10.1. The molecule has 3 aromatic rings. The molecular formula is C22H25N5O2S. The first kappa shape index (κ1) is 20.3. The molecule has 4 rings (SSSR count). The van der Waals surface area contributed by atoms with Gasteiger partial charge in [-0.15, -0.1) is 10.2 Å². The largest absolute Gasteiger partial charge is 0.494 e. The van der Waals surface area contributed by atoms with Gasteiger partial charge in [0.15, 0.2) is 5.82 Å². The lowest BCUT2D eigenvalue weighted by Crippen LogP contribution is -2.31. The van der Waals surface area contributed by atoms with Crippen molar-refractivity contribution in [2.75, 3.05) is 25.5 Å². The van der Waals surface area contributed by atoms with Crippen molar-refractivity contribution in [2.24, 2.45) is 0 Å². The van der Waals surface area contributed by atoms with Crippen molar-refractivity contribution in [1.29, 1.82) is 0 Å². The Morgan fingerprint density at radius 1 is 1.10 bits per heavy atom. The van der Waals surface area contributed by atoms with Crippen molar-refractivity contribution in [3.63, 3.8) is 0 Å². The zero-order valence-corrected chi connectivity index (χ0v) is 17.7. The summed E-state index contributed by atoms with van der Waals surface area (Å²) in [6.45, 7) is 4.16. The molecular weight excluding hydrogens is 398 g/mol. The van der Waals surface area contributed by atoms with Gasteiger partial charge in [-0.2, -0.15) is 0 Å². The number of ether oxygens (including phenoxy) is 1. The molecule has 1 amide bonds. The van der Waals surface area contributed by atoms with Crippen LogP contribution in [0.5, 0.6) is 5.75 Å². The monoisotopic (exact) mass is 423 g/mol. The van der Waals surface area contributed by atoms with Crippen LogP contribution in [0.3, 0.4) is 0 Å². The Morgan fingerprint density at radius 3 is 2.47 bits per heavy atom. The molecule has 2 aromatic carbocycles. The molecule has 1 atom stereocenters. The summed E-state index contributed by atoms with van der Waals surface area (Å²) in [7, 11) is 0. The summed E-state index contributed by atoms with van der Waals surface area (Å²) in [5, 5.41) is 8.63. The Morgan fingerprint density at radius 2 is 1.80 bits per heavy atom. The highest BCUT2D eigenvalue weighted by atomic mass is 32.2. The average molecular weight is 424 g/mol. The number of carbonyl (C=O) groups excluding carboxylic acids is 1. The van der Waals surface area contributed by atoms with Gasteiger partial charge in [-0.1, -0.05) is 42.1 Å². The van der Waals surface area contributed by atoms with Crippen LogP contribution >= 0.6 is 11.8 Å². The molecule has 1 saturated heterocycles. The minimum Gasteiger partial charge on any atom is -0.494 e. The van der Waals surface area contributed by atoms with E-state index in [9.17, 15) is 4.79 Å². The highest BCUT2D eigenvalue weighted by molar-refractivity contribution is 8.00. The molecule has 0 saturated carbocycles. The van der Waals surface area contributed by atoms with Crippen LogP contribution in [0, 0.1) is 0 Å². The van der Waals surface area contributed by atoms with E-state index in [1.807, 2.05) is 66.4 Å². The molecule has 0 unspecified atom stereocenters. The minimum absolute atomic E-state index is 0.0920. The Kier molecular flexibility index (Phi) is 6.23. The van der Waals surface area contributed by atoms with Crippen LogP contribution in [-0.2, 0) is 4.79 Å². The van der Waals surface area contributed by atoms with E-state index in [0.717, 1.165) is 42.8 Å². The predicted molar refractivity (Wildman–Crippen MR) is 118 cm³/mol. The van der Waals surface area contributed by atoms with E-state index < -0.39 is 5.25 Å². The first-order chi connectivity index (χ1) is 14.7. The van der Waals surface area contributed by atoms with Crippen molar-refractivity contribution in [3.8, 4) is 17.1 Å². The van der Waals surface area contributed by atoms with Crippen LogP contribution in [0.1, 0.15) is 30.6 Å². The van der Waals surface area contributed by atoms with Gasteiger partial charge in [0.25, 0.3) is 0 Å². The number of nitrogen functional groups attached to an aromatic ring is 1. The fraction of sp³-hybridized carbons (Fsp3) is 0.318. The lowest BCUT2D eigenvalue weighted by molar-refractivity contribution is -0.129. The SMILES string of the molecule is CCOc1ccc(-c2nnc(S[C@H](C(=O)N3CCCC3)c3ccccc3)n2N)cc1. The van der Waals surface area contributed by atoms with Crippen LogP contribution in [0.4, 0.5) is 0 Å². The number of carbonyl (C=O) groups is 1.